The largest absolute Gasteiger partial charge is 0.340 e. The van der Waals surface area contributed by atoms with Gasteiger partial charge in [0.1, 0.15) is 0 Å². The third kappa shape index (κ3) is 3.72. The summed E-state index contributed by atoms with van der Waals surface area (Å²) in [6.07, 6.45) is 7.22. The molecule has 1 aromatic rings. The van der Waals surface area contributed by atoms with Gasteiger partial charge in [0, 0.05) is 50.6 Å². The van der Waals surface area contributed by atoms with Crippen LogP contribution in [0.3, 0.4) is 0 Å². The Morgan fingerprint density at radius 1 is 1.12 bits per heavy atom. The molecule has 1 aliphatic carbocycles. The van der Waals surface area contributed by atoms with E-state index < -0.39 is 0 Å². The molecule has 0 atom stereocenters. The van der Waals surface area contributed by atoms with Gasteiger partial charge in [-0.15, -0.1) is 11.3 Å². The summed E-state index contributed by atoms with van der Waals surface area (Å²) in [5.41, 5.74) is 0.794. The molecule has 1 saturated carbocycles. The predicted octanol–water partition coefficient (Wildman–Crippen LogP) is 1.90. The molecule has 2 saturated heterocycles. The molecule has 3 fully saturated rings. The first kappa shape index (κ1) is 17.0. The minimum atomic E-state index is 0.148. The first-order valence-corrected chi connectivity index (χ1v) is 10.4. The van der Waals surface area contributed by atoms with Crippen LogP contribution in [-0.2, 0) is 16.0 Å². The van der Waals surface area contributed by atoms with Crippen LogP contribution >= 0.6 is 11.3 Å². The van der Waals surface area contributed by atoms with E-state index in [4.69, 9.17) is 0 Å². The van der Waals surface area contributed by atoms with Crippen LogP contribution in [0.1, 0.15) is 44.2 Å². The number of hydrogen-bond donors (Lipinski definition) is 0. The molecule has 0 radical (unpaired) electrons. The molecule has 2 amide bonds. The summed E-state index contributed by atoms with van der Waals surface area (Å²) >= 11 is 1.47. The number of carbonyl (C=O) groups is 2. The van der Waals surface area contributed by atoms with Gasteiger partial charge in [-0.3, -0.25) is 19.4 Å². The van der Waals surface area contributed by atoms with Gasteiger partial charge in [-0.1, -0.05) is 12.8 Å². The van der Waals surface area contributed by atoms with Crippen LogP contribution in [0.25, 0.3) is 0 Å². The molecular formula is C18H26N4O2S. The zero-order chi connectivity index (χ0) is 17.2. The molecule has 0 bridgehead atoms. The van der Waals surface area contributed by atoms with Crippen LogP contribution in [-0.4, -0.2) is 65.4 Å². The SMILES string of the molecule is O=C(Cc1csc(N2CCCC2=O)n1)N1CCN(C2CCCC2)CC1. The first-order chi connectivity index (χ1) is 12.2. The van der Waals surface area contributed by atoms with Crippen molar-refractivity contribution in [1.82, 2.24) is 14.8 Å². The van der Waals surface area contributed by atoms with Crippen molar-refractivity contribution in [2.75, 3.05) is 37.6 Å². The Morgan fingerprint density at radius 3 is 2.56 bits per heavy atom. The average molecular weight is 362 g/mol. The van der Waals surface area contributed by atoms with Crippen LogP contribution in [0.15, 0.2) is 5.38 Å². The summed E-state index contributed by atoms with van der Waals surface area (Å²) in [4.78, 5) is 35.2. The van der Waals surface area contributed by atoms with Crippen molar-refractivity contribution in [2.24, 2.45) is 0 Å². The molecule has 0 aromatic carbocycles. The number of aromatic nitrogens is 1. The number of amides is 2. The van der Waals surface area contributed by atoms with Gasteiger partial charge >= 0.3 is 0 Å². The molecule has 0 N–H and O–H groups in total. The van der Waals surface area contributed by atoms with E-state index in [0.29, 0.717) is 12.8 Å². The number of rotatable bonds is 4. The van der Waals surface area contributed by atoms with Crippen molar-refractivity contribution >= 4 is 28.3 Å². The van der Waals surface area contributed by atoms with Crippen molar-refractivity contribution in [2.45, 2.75) is 51.0 Å². The van der Waals surface area contributed by atoms with Crippen molar-refractivity contribution in [3.8, 4) is 0 Å². The second-order valence-corrected chi connectivity index (χ2v) is 8.14. The Balaban J connectivity index is 1.29. The molecule has 4 rings (SSSR count). The minimum absolute atomic E-state index is 0.148. The first-order valence-electron chi connectivity index (χ1n) is 9.47. The second kappa shape index (κ2) is 7.41. The van der Waals surface area contributed by atoms with E-state index in [1.165, 1.54) is 37.0 Å². The van der Waals surface area contributed by atoms with Gasteiger partial charge in [-0.05, 0) is 19.3 Å². The summed E-state index contributed by atoms with van der Waals surface area (Å²) in [5.74, 6) is 0.311. The highest BCUT2D eigenvalue weighted by molar-refractivity contribution is 7.14. The van der Waals surface area contributed by atoms with E-state index in [1.807, 2.05) is 10.3 Å². The molecule has 3 heterocycles. The van der Waals surface area contributed by atoms with E-state index in [-0.39, 0.29) is 11.8 Å². The monoisotopic (exact) mass is 362 g/mol. The summed E-state index contributed by atoms with van der Waals surface area (Å²) in [7, 11) is 0. The van der Waals surface area contributed by atoms with Gasteiger partial charge in [-0.2, -0.15) is 0 Å². The molecule has 0 unspecified atom stereocenters. The van der Waals surface area contributed by atoms with Gasteiger partial charge in [0.25, 0.3) is 0 Å². The standard InChI is InChI=1S/C18H26N4O2S/c23-16-6-3-7-22(16)18-19-14(13-25-18)12-17(24)21-10-8-20(9-11-21)15-4-1-2-5-15/h13,15H,1-12H2. The Hall–Kier alpha value is -1.47. The maximum absolute atomic E-state index is 12.6. The molecule has 3 aliphatic rings. The zero-order valence-electron chi connectivity index (χ0n) is 14.7. The summed E-state index contributed by atoms with van der Waals surface area (Å²) in [5, 5.41) is 2.67. The number of nitrogens with zero attached hydrogens (tertiary/aromatic N) is 4. The third-order valence-corrected chi connectivity index (χ3v) is 6.60. The van der Waals surface area contributed by atoms with Crippen LogP contribution < -0.4 is 4.90 Å². The van der Waals surface area contributed by atoms with E-state index >= 15 is 0 Å². The molecule has 2 aliphatic heterocycles. The topological polar surface area (TPSA) is 56.8 Å². The molecule has 7 heteroatoms. The van der Waals surface area contributed by atoms with Crippen molar-refractivity contribution in [3.05, 3.63) is 11.1 Å². The number of thiazole rings is 1. The van der Waals surface area contributed by atoms with Crippen molar-refractivity contribution in [1.29, 1.82) is 0 Å². The predicted molar refractivity (Wildman–Crippen MR) is 97.8 cm³/mol. The lowest BCUT2D eigenvalue weighted by atomic mass is 10.1. The molecule has 6 nitrogen and oxygen atoms in total. The lowest BCUT2D eigenvalue weighted by Gasteiger charge is -2.38. The van der Waals surface area contributed by atoms with Gasteiger partial charge in [-0.25, -0.2) is 4.98 Å². The quantitative estimate of drug-likeness (QED) is 0.821. The van der Waals surface area contributed by atoms with Crippen LogP contribution in [0.5, 0.6) is 0 Å². The summed E-state index contributed by atoms with van der Waals surface area (Å²) in [6, 6.07) is 0.747. The number of hydrogen-bond acceptors (Lipinski definition) is 5. The Morgan fingerprint density at radius 2 is 1.88 bits per heavy atom. The smallest absolute Gasteiger partial charge is 0.228 e. The molecule has 0 spiro atoms. The van der Waals surface area contributed by atoms with E-state index in [2.05, 4.69) is 9.88 Å². The fourth-order valence-electron chi connectivity index (χ4n) is 4.22. The Kier molecular flexibility index (Phi) is 5.03. The lowest BCUT2D eigenvalue weighted by molar-refractivity contribution is -0.132. The molecular weight excluding hydrogens is 336 g/mol. The highest BCUT2D eigenvalue weighted by Crippen LogP contribution is 2.26. The number of anilines is 1. The molecule has 25 heavy (non-hydrogen) atoms. The van der Waals surface area contributed by atoms with Crippen molar-refractivity contribution in [3.63, 3.8) is 0 Å². The van der Waals surface area contributed by atoms with Gasteiger partial charge in [0.05, 0.1) is 12.1 Å². The van der Waals surface area contributed by atoms with Gasteiger partial charge in [0.15, 0.2) is 5.13 Å². The number of carbonyl (C=O) groups excluding carboxylic acids is 2. The second-order valence-electron chi connectivity index (χ2n) is 7.30. The molecule has 136 valence electrons. The third-order valence-electron chi connectivity index (χ3n) is 5.68. The summed E-state index contributed by atoms with van der Waals surface area (Å²) in [6.45, 7) is 4.42. The van der Waals surface area contributed by atoms with Crippen LogP contribution in [0.2, 0.25) is 0 Å². The Bertz CT molecular complexity index is 633. The highest BCUT2D eigenvalue weighted by Gasteiger charge is 2.28. The molecule has 1 aromatic heterocycles. The van der Waals surface area contributed by atoms with E-state index in [9.17, 15) is 9.59 Å². The summed E-state index contributed by atoms with van der Waals surface area (Å²) < 4.78 is 0. The maximum Gasteiger partial charge on any atom is 0.228 e. The van der Waals surface area contributed by atoms with E-state index in [0.717, 1.165) is 56.0 Å². The van der Waals surface area contributed by atoms with Gasteiger partial charge < -0.3 is 4.90 Å². The minimum Gasteiger partial charge on any atom is -0.340 e. The lowest BCUT2D eigenvalue weighted by Crippen LogP contribution is -2.51. The average Bonchev–Trinajstić information content (AvgIpc) is 3.36. The highest BCUT2D eigenvalue weighted by atomic mass is 32.1. The number of piperazine rings is 1. The van der Waals surface area contributed by atoms with Gasteiger partial charge in [0.2, 0.25) is 11.8 Å². The van der Waals surface area contributed by atoms with Crippen molar-refractivity contribution < 1.29 is 9.59 Å². The van der Waals surface area contributed by atoms with Crippen LogP contribution in [0.4, 0.5) is 5.13 Å². The Labute approximate surface area is 152 Å². The van der Waals surface area contributed by atoms with Crippen LogP contribution in [0, 0.1) is 0 Å². The fraction of sp³-hybridized carbons (Fsp3) is 0.722. The zero-order valence-corrected chi connectivity index (χ0v) is 15.5. The fourth-order valence-corrected chi connectivity index (χ4v) is 5.09. The normalized spacial score (nSPS) is 23.0. The maximum atomic E-state index is 12.6. The van der Waals surface area contributed by atoms with E-state index in [1.54, 1.807) is 4.90 Å².